The number of imidazole rings is 1. The Morgan fingerprint density at radius 1 is 1.29 bits per heavy atom. The number of fused-ring (bicyclic) bond motifs is 3. The van der Waals surface area contributed by atoms with Gasteiger partial charge in [0, 0.05) is 19.0 Å². The molecule has 1 aromatic carbocycles. The minimum Gasteiger partial charge on any atom is -0.382 e. The molecule has 126 valence electrons. The van der Waals surface area contributed by atoms with Crippen LogP contribution in [0.1, 0.15) is 19.7 Å². The number of aromatic nitrogens is 3. The van der Waals surface area contributed by atoms with Crippen molar-refractivity contribution in [3.63, 3.8) is 0 Å². The molecule has 0 aliphatic carbocycles. The second kappa shape index (κ2) is 6.35. The predicted octanol–water partition coefficient (Wildman–Crippen LogP) is 2.25. The summed E-state index contributed by atoms with van der Waals surface area (Å²) in [6.45, 7) is 5.41. The molecular formula is C17H22N6O. The molecule has 7 nitrogen and oxygen atoms in total. The van der Waals surface area contributed by atoms with Crippen molar-refractivity contribution in [2.24, 2.45) is 5.92 Å². The van der Waals surface area contributed by atoms with E-state index in [1.165, 1.54) is 0 Å². The maximum Gasteiger partial charge on any atom is 0.314 e. The van der Waals surface area contributed by atoms with Gasteiger partial charge in [0.2, 0.25) is 0 Å². The highest BCUT2D eigenvalue weighted by Crippen LogP contribution is 2.29. The summed E-state index contributed by atoms with van der Waals surface area (Å²) in [7, 11) is 1.59. The van der Waals surface area contributed by atoms with Gasteiger partial charge in [-0.25, -0.2) is 14.8 Å². The van der Waals surface area contributed by atoms with Gasteiger partial charge in [0.25, 0.3) is 0 Å². The number of pyridine rings is 1. The van der Waals surface area contributed by atoms with Crippen molar-refractivity contribution in [3.05, 3.63) is 30.1 Å². The Labute approximate surface area is 140 Å². The van der Waals surface area contributed by atoms with Gasteiger partial charge in [-0.3, -0.25) is 0 Å². The molecule has 0 fully saturated rings. The van der Waals surface area contributed by atoms with Crippen LogP contribution in [0.2, 0.25) is 0 Å². The normalized spacial score (nSPS) is 11.3. The Morgan fingerprint density at radius 3 is 2.75 bits per heavy atom. The van der Waals surface area contributed by atoms with E-state index in [0.717, 1.165) is 28.8 Å². The van der Waals surface area contributed by atoms with Crippen LogP contribution in [0, 0.1) is 5.92 Å². The number of carbonyl (C=O) groups excluding carboxylic acids is 1. The molecule has 3 aromatic rings. The van der Waals surface area contributed by atoms with Crippen LogP contribution in [-0.4, -0.2) is 27.6 Å². The van der Waals surface area contributed by atoms with Gasteiger partial charge in [-0.05, 0) is 12.0 Å². The molecule has 0 aliphatic rings. The van der Waals surface area contributed by atoms with Crippen LogP contribution in [0.25, 0.3) is 21.9 Å². The first-order valence-corrected chi connectivity index (χ1v) is 8.00. The number of nitrogens with two attached hydrogens (primary N) is 1. The van der Waals surface area contributed by atoms with E-state index in [2.05, 4.69) is 39.0 Å². The molecule has 7 heteroatoms. The lowest BCUT2D eigenvalue weighted by Gasteiger charge is -2.13. The van der Waals surface area contributed by atoms with Crippen LogP contribution in [0.5, 0.6) is 0 Å². The zero-order valence-corrected chi connectivity index (χ0v) is 14.1. The largest absolute Gasteiger partial charge is 0.382 e. The van der Waals surface area contributed by atoms with Crippen LogP contribution < -0.4 is 16.4 Å². The molecule has 24 heavy (non-hydrogen) atoms. The summed E-state index contributed by atoms with van der Waals surface area (Å²) in [5.74, 6) is 1.61. The summed E-state index contributed by atoms with van der Waals surface area (Å²) in [6.07, 6.45) is 0. The van der Waals surface area contributed by atoms with E-state index in [1.54, 1.807) is 7.05 Å². The minimum atomic E-state index is -0.242. The van der Waals surface area contributed by atoms with Crippen LogP contribution in [0.4, 0.5) is 10.6 Å². The van der Waals surface area contributed by atoms with Crippen molar-refractivity contribution in [2.75, 3.05) is 12.8 Å². The minimum absolute atomic E-state index is 0.242. The molecule has 4 N–H and O–H groups in total. The third-order valence-electron chi connectivity index (χ3n) is 3.87. The molecule has 0 aliphatic heterocycles. The van der Waals surface area contributed by atoms with Gasteiger partial charge in [-0.2, -0.15) is 0 Å². The van der Waals surface area contributed by atoms with Crippen molar-refractivity contribution in [1.82, 2.24) is 25.2 Å². The van der Waals surface area contributed by atoms with E-state index < -0.39 is 0 Å². The van der Waals surface area contributed by atoms with Gasteiger partial charge in [0.15, 0.2) is 5.82 Å². The van der Waals surface area contributed by atoms with E-state index >= 15 is 0 Å². The fourth-order valence-electron chi connectivity index (χ4n) is 2.85. The molecule has 0 saturated heterocycles. The Hall–Kier alpha value is -2.83. The van der Waals surface area contributed by atoms with Gasteiger partial charge >= 0.3 is 6.03 Å². The number of carbonyl (C=O) groups is 1. The summed E-state index contributed by atoms with van der Waals surface area (Å²) in [6, 6.07) is 7.65. The van der Waals surface area contributed by atoms with Crippen LogP contribution >= 0.6 is 0 Å². The van der Waals surface area contributed by atoms with Gasteiger partial charge in [-0.1, -0.05) is 32.0 Å². The molecule has 0 atom stereocenters. The standard InChI is InChI=1S/C17H22N6O/c1-10(2)9-23-13(8-20-17(24)19-3)22-14-15(23)11-6-4-5-7-12(11)21-16(14)18/h4-7,10H,8-9H2,1-3H3,(H2,18,21)(H2,19,20,24). The van der Waals surface area contributed by atoms with Crippen molar-refractivity contribution in [3.8, 4) is 0 Å². The number of hydrogen-bond donors (Lipinski definition) is 3. The molecule has 2 amide bonds. The number of benzene rings is 1. The Balaban J connectivity index is 2.22. The van der Waals surface area contributed by atoms with Crippen LogP contribution in [0.15, 0.2) is 24.3 Å². The molecule has 2 heterocycles. The quantitative estimate of drug-likeness (QED) is 0.685. The van der Waals surface area contributed by atoms with Gasteiger partial charge < -0.3 is 20.9 Å². The Morgan fingerprint density at radius 2 is 2.04 bits per heavy atom. The smallest absolute Gasteiger partial charge is 0.314 e. The summed E-state index contributed by atoms with van der Waals surface area (Å²) < 4.78 is 2.14. The highest BCUT2D eigenvalue weighted by atomic mass is 16.2. The second-order valence-electron chi connectivity index (χ2n) is 6.18. The average Bonchev–Trinajstić information content (AvgIpc) is 2.91. The topological polar surface area (TPSA) is 97.9 Å². The molecule has 0 spiro atoms. The first kappa shape index (κ1) is 16.0. The molecule has 2 aromatic heterocycles. The van der Waals surface area contributed by atoms with Crippen molar-refractivity contribution >= 4 is 33.8 Å². The van der Waals surface area contributed by atoms with E-state index in [-0.39, 0.29) is 6.03 Å². The lowest BCUT2D eigenvalue weighted by Crippen LogP contribution is -2.33. The number of nitrogens with zero attached hydrogens (tertiary/aromatic N) is 3. The van der Waals surface area contributed by atoms with Crippen LogP contribution in [-0.2, 0) is 13.1 Å². The van der Waals surface area contributed by atoms with Gasteiger partial charge in [0.1, 0.15) is 11.3 Å². The number of rotatable bonds is 4. The van der Waals surface area contributed by atoms with E-state index in [9.17, 15) is 4.79 Å². The lowest BCUT2D eigenvalue weighted by molar-refractivity contribution is 0.242. The molecular weight excluding hydrogens is 304 g/mol. The maximum absolute atomic E-state index is 11.5. The van der Waals surface area contributed by atoms with Gasteiger partial charge in [0.05, 0.1) is 17.6 Å². The average molecular weight is 326 g/mol. The molecule has 3 rings (SSSR count). The maximum atomic E-state index is 11.5. The van der Waals surface area contributed by atoms with E-state index in [1.807, 2.05) is 24.3 Å². The number of para-hydroxylation sites is 1. The first-order valence-electron chi connectivity index (χ1n) is 8.00. The molecule has 0 radical (unpaired) electrons. The fraction of sp³-hybridized carbons (Fsp3) is 0.353. The van der Waals surface area contributed by atoms with E-state index in [0.29, 0.717) is 23.8 Å². The van der Waals surface area contributed by atoms with Crippen molar-refractivity contribution in [2.45, 2.75) is 26.9 Å². The number of amides is 2. The van der Waals surface area contributed by atoms with Crippen molar-refractivity contribution in [1.29, 1.82) is 0 Å². The molecule has 0 unspecified atom stereocenters. The molecule has 0 bridgehead atoms. The summed E-state index contributed by atoms with van der Waals surface area (Å²) >= 11 is 0. The second-order valence-corrected chi connectivity index (χ2v) is 6.18. The fourth-order valence-corrected chi connectivity index (χ4v) is 2.85. The predicted molar refractivity (Wildman–Crippen MR) is 95.6 cm³/mol. The highest BCUT2D eigenvalue weighted by Gasteiger charge is 2.18. The number of hydrogen-bond acceptors (Lipinski definition) is 4. The third-order valence-corrected chi connectivity index (χ3v) is 3.87. The van der Waals surface area contributed by atoms with Gasteiger partial charge in [-0.15, -0.1) is 0 Å². The zero-order valence-electron chi connectivity index (χ0n) is 14.1. The zero-order chi connectivity index (χ0) is 17.3. The summed E-state index contributed by atoms with van der Waals surface area (Å²) in [5.41, 5.74) is 8.63. The first-order chi connectivity index (χ1) is 11.5. The molecule has 0 saturated carbocycles. The number of nitrogen functional groups attached to an aromatic ring is 1. The lowest BCUT2D eigenvalue weighted by atomic mass is 10.1. The monoisotopic (exact) mass is 326 g/mol. The summed E-state index contributed by atoms with van der Waals surface area (Å²) in [5, 5.41) is 6.36. The summed E-state index contributed by atoms with van der Waals surface area (Å²) in [4.78, 5) is 20.6. The Bertz CT molecular complexity index is 899. The Kier molecular flexibility index (Phi) is 4.24. The highest BCUT2D eigenvalue weighted by molar-refractivity contribution is 6.06. The third kappa shape index (κ3) is 2.84. The van der Waals surface area contributed by atoms with Crippen LogP contribution in [0.3, 0.4) is 0 Å². The number of nitrogens with one attached hydrogen (secondary N) is 2. The SMILES string of the molecule is CNC(=O)NCc1nc2c(N)nc3ccccc3c2n1CC(C)C. The number of urea groups is 1. The van der Waals surface area contributed by atoms with Crippen molar-refractivity contribution < 1.29 is 4.79 Å². The number of anilines is 1. The van der Waals surface area contributed by atoms with E-state index in [4.69, 9.17) is 5.73 Å².